The number of ether oxygens (including phenoxy) is 1. The minimum Gasteiger partial charge on any atom is -0.398 e. The van der Waals surface area contributed by atoms with E-state index in [4.69, 9.17) is 10.5 Å². The average Bonchev–Trinajstić information content (AvgIpc) is 2.83. The maximum Gasteiger partial charge on any atom is 0.254 e. The number of hydrogen-bond acceptors (Lipinski definition) is 3. The van der Waals surface area contributed by atoms with Gasteiger partial charge in [-0.2, -0.15) is 0 Å². The van der Waals surface area contributed by atoms with Gasteiger partial charge in [-0.25, -0.2) is 4.39 Å². The van der Waals surface area contributed by atoms with Gasteiger partial charge in [-0.15, -0.1) is 0 Å². The lowest BCUT2D eigenvalue weighted by atomic mass is 10.1. The summed E-state index contributed by atoms with van der Waals surface area (Å²) < 4.78 is 18.8. The van der Waals surface area contributed by atoms with Gasteiger partial charge in [-0.1, -0.05) is 0 Å². The molecule has 0 bridgehead atoms. The number of benzene rings is 1. The Morgan fingerprint density at radius 3 is 2.83 bits per heavy atom. The molecule has 1 heterocycles. The van der Waals surface area contributed by atoms with Gasteiger partial charge >= 0.3 is 0 Å². The molecule has 4 nitrogen and oxygen atoms in total. The highest BCUT2D eigenvalue weighted by atomic mass is 19.1. The predicted molar refractivity (Wildman–Crippen MR) is 66.9 cm³/mol. The van der Waals surface area contributed by atoms with E-state index in [-0.39, 0.29) is 12.0 Å². The van der Waals surface area contributed by atoms with Crippen LogP contribution in [0.4, 0.5) is 10.1 Å². The number of methoxy groups -OCH3 is 1. The number of nitrogens with two attached hydrogens (primary N) is 1. The first-order valence-corrected chi connectivity index (χ1v) is 5.90. The van der Waals surface area contributed by atoms with Crippen molar-refractivity contribution in [1.82, 2.24) is 4.90 Å². The van der Waals surface area contributed by atoms with Gasteiger partial charge in [0.15, 0.2) is 0 Å². The first kappa shape index (κ1) is 12.8. The number of anilines is 1. The van der Waals surface area contributed by atoms with Gasteiger partial charge in [0, 0.05) is 37.0 Å². The van der Waals surface area contributed by atoms with Crippen LogP contribution in [0, 0.1) is 12.7 Å². The van der Waals surface area contributed by atoms with Crippen molar-refractivity contribution in [3.05, 3.63) is 29.1 Å². The number of rotatable bonds is 2. The Morgan fingerprint density at radius 2 is 2.28 bits per heavy atom. The van der Waals surface area contributed by atoms with Crippen molar-refractivity contribution < 1.29 is 13.9 Å². The van der Waals surface area contributed by atoms with E-state index in [2.05, 4.69) is 0 Å². The lowest BCUT2D eigenvalue weighted by Gasteiger charge is -2.17. The third kappa shape index (κ3) is 2.31. The quantitative estimate of drug-likeness (QED) is 0.813. The summed E-state index contributed by atoms with van der Waals surface area (Å²) >= 11 is 0. The summed E-state index contributed by atoms with van der Waals surface area (Å²) in [6.45, 7) is 2.77. The second kappa shape index (κ2) is 4.94. The molecule has 2 rings (SSSR count). The summed E-state index contributed by atoms with van der Waals surface area (Å²) in [5.74, 6) is -0.638. The molecule has 1 unspecified atom stereocenters. The molecule has 0 saturated carbocycles. The Hall–Kier alpha value is -1.62. The number of amides is 1. The second-order valence-electron chi connectivity index (χ2n) is 4.57. The first-order chi connectivity index (χ1) is 8.52. The molecule has 18 heavy (non-hydrogen) atoms. The van der Waals surface area contributed by atoms with Crippen LogP contribution in [-0.4, -0.2) is 37.1 Å². The molecular weight excluding hydrogens is 235 g/mol. The SMILES string of the molecule is COC1CCN(C(=O)c2cc(N)c(C)c(F)c2)C1. The molecule has 5 heteroatoms. The number of nitrogens with zero attached hydrogens (tertiary/aromatic N) is 1. The van der Waals surface area contributed by atoms with Crippen molar-refractivity contribution in [2.24, 2.45) is 0 Å². The Balaban J connectivity index is 2.19. The lowest BCUT2D eigenvalue weighted by molar-refractivity contribution is 0.0724. The van der Waals surface area contributed by atoms with Crippen LogP contribution in [0.3, 0.4) is 0 Å². The molecule has 1 aliphatic heterocycles. The van der Waals surface area contributed by atoms with Crippen LogP contribution in [0.5, 0.6) is 0 Å². The fourth-order valence-corrected chi connectivity index (χ4v) is 2.11. The summed E-state index contributed by atoms with van der Waals surface area (Å²) in [4.78, 5) is 13.8. The van der Waals surface area contributed by atoms with Gasteiger partial charge in [-0.3, -0.25) is 4.79 Å². The van der Waals surface area contributed by atoms with E-state index in [1.807, 2.05) is 0 Å². The molecule has 0 spiro atoms. The predicted octanol–water partition coefficient (Wildman–Crippen LogP) is 1.58. The van der Waals surface area contributed by atoms with E-state index in [0.29, 0.717) is 29.9 Å². The lowest BCUT2D eigenvalue weighted by Crippen LogP contribution is -2.30. The van der Waals surface area contributed by atoms with Gasteiger partial charge in [0.25, 0.3) is 5.91 Å². The number of likely N-dealkylation sites (tertiary alicyclic amines) is 1. The van der Waals surface area contributed by atoms with Crippen LogP contribution < -0.4 is 5.73 Å². The van der Waals surface area contributed by atoms with Crippen LogP contribution in [0.15, 0.2) is 12.1 Å². The molecule has 1 aliphatic rings. The molecule has 1 amide bonds. The molecule has 0 radical (unpaired) electrons. The topological polar surface area (TPSA) is 55.6 Å². The molecule has 0 aliphatic carbocycles. The second-order valence-corrected chi connectivity index (χ2v) is 4.57. The number of halogens is 1. The molecule has 1 aromatic rings. The molecule has 0 aromatic heterocycles. The van der Waals surface area contributed by atoms with Gasteiger partial charge in [0.2, 0.25) is 0 Å². The van der Waals surface area contributed by atoms with E-state index >= 15 is 0 Å². The molecular formula is C13H17FN2O2. The third-order valence-electron chi connectivity index (χ3n) is 3.40. The maximum absolute atomic E-state index is 13.6. The van der Waals surface area contributed by atoms with Gasteiger partial charge in [-0.05, 0) is 25.5 Å². The largest absolute Gasteiger partial charge is 0.398 e. The van der Waals surface area contributed by atoms with Crippen LogP contribution in [0.2, 0.25) is 0 Å². The van der Waals surface area contributed by atoms with E-state index in [1.54, 1.807) is 18.9 Å². The smallest absolute Gasteiger partial charge is 0.254 e. The van der Waals surface area contributed by atoms with Crippen molar-refractivity contribution >= 4 is 11.6 Å². The fourth-order valence-electron chi connectivity index (χ4n) is 2.11. The molecule has 1 saturated heterocycles. The fraction of sp³-hybridized carbons (Fsp3) is 0.462. The summed E-state index contributed by atoms with van der Waals surface area (Å²) in [7, 11) is 1.63. The average molecular weight is 252 g/mol. The number of nitrogen functional groups attached to an aromatic ring is 1. The number of carbonyl (C=O) groups is 1. The highest BCUT2D eigenvalue weighted by molar-refractivity contribution is 5.95. The van der Waals surface area contributed by atoms with Crippen LogP contribution in [0.25, 0.3) is 0 Å². The monoisotopic (exact) mass is 252 g/mol. The summed E-state index contributed by atoms with van der Waals surface area (Å²) in [6.07, 6.45) is 0.882. The maximum atomic E-state index is 13.6. The molecule has 1 fully saturated rings. The molecule has 98 valence electrons. The molecule has 1 atom stereocenters. The van der Waals surface area contributed by atoms with Crippen LogP contribution in [0.1, 0.15) is 22.3 Å². The van der Waals surface area contributed by atoms with Crippen molar-refractivity contribution in [2.75, 3.05) is 25.9 Å². The zero-order chi connectivity index (χ0) is 13.3. The summed E-state index contributed by atoms with van der Waals surface area (Å²) in [5.41, 5.74) is 6.66. The Bertz CT molecular complexity index is 453. The van der Waals surface area contributed by atoms with Gasteiger partial charge in [0.1, 0.15) is 5.82 Å². The highest BCUT2D eigenvalue weighted by Crippen LogP contribution is 2.21. The van der Waals surface area contributed by atoms with Crippen molar-refractivity contribution in [2.45, 2.75) is 19.4 Å². The Kier molecular flexibility index (Phi) is 3.52. The first-order valence-electron chi connectivity index (χ1n) is 5.90. The Morgan fingerprint density at radius 1 is 1.56 bits per heavy atom. The Labute approximate surface area is 106 Å². The van der Waals surface area contributed by atoms with E-state index in [9.17, 15) is 9.18 Å². The van der Waals surface area contributed by atoms with E-state index in [1.165, 1.54) is 12.1 Å². The minimum absolute atomic E-state index is 0.0709. The van der Waals surface area contributed by atoms with Gasteiger partial charge in [0.05, 0.1) is 6.10 Å². The van der Waals surface area contributed by atoms with Crippen molar-refractivity contribution in [1.29, 1.82) is 0 Å². The summed E-state index contributed by atoms with van der Waals surface area (Å²) in [5, 5.41) is 0. The van der Waals surface area contributed by atoms with Gasteiger partial charge < -0.3 is 15.4 Å². The molecule has 1 aromatic carbocycles. The van der Waals surface area contributed by atoms with Crippen LogP contribution >= 0.6 is 0 Å². The number of hydrogen-bond donors (Lipinski definition) is 1. The minimum atomic E-state index is -0.444. The highest BCUT2D eigenvalue weighted by Gasteiger charge is 2.27. The molecule has 2 N–H and O–H groups in total. The van der Waals surface area contributed by atoms with Crippen LogP contribution in [-0.2, 0) is 4.74 Å². The zero-order valence-electron chi connectivity index (χ0n) is 10.6. The van der Waals surface area contributed by atoms with E-state index < -0.39 is 5.82 Å². The number of carbonyl (C=O) groups excluding carboxylic acids is 1. The zero-order valence-corrected chi connectivity index (χ0v) is 10.6. The van der Waals surface area contributed by atoms with Crippen molar-refractivity contribution in [3.63, 3.8) is 0 Å². The summed E-state index contributed by atoms with van der Waals surface area (Å²) in [6, 6.07) is 2.77. The third-order valence-corrected chi connectivity index (χ3v) is 3.40. The van der Waals surface area contributed by atoms with E-state index in [0.717, 1.165) is 6.42 Å². The normalized spacial score (nSPS) is 19.3. The standard InChI is InChI=1S/C13H17FN2O2/c1-8-11(14)5-9(6-12(8)15)13(17)16-4-3-10(7-16)18-2/h5-6,10H,3-4,7,15H2,1-2H3. The van der Waals surface area contributed by atoms with Crippen molar-refractivity contribution in [3.8, 4) is 0 Å².